The van der Waals surface area contributed by atoms with Gasteiger partial charge in [-0.15, -0.1) is 0 Å². The Hall–Kier alpha value is -4.24. The second-order valence-corrected chi connectivity index (χ2v) is 8.97. The molecule has 166 valence electrons. The zero-order chi connectivity index (χ0) is 23.1. The molecule has 0 aromatic heterocycles. The van der Waals surface area contributed by atoms with Gasteiger partial charge in [0.2, 0.25) is 0 Å². The van der Waals surface area contributed by atoms with Crippen LogP contribution in [0.25, 0.3) is 10.8 Å². The zero-order valence-corrected chi connectivity index (χ0v) is 19.3. The van der Waals surface area contributed by atoms with Crippen molar-refractivity contribution < 1.29 is 4.74 Å². The van der Waals surface area contributed by atoms with Crippen molar-refractivity contribution in [2.45, 2.75) is 12.5 Å². The Bertz CT molecular complexity index is 1470. The molecule has 3 heteroatoms. The number of hydrogen-bond donors (Lipinski definition) is 0. The molecule has 3 nitrogen and oxygen atoms in total. The first-order valence-corrected chi connectivity index (χ1v) is 11.6. The predicted octanol–water partition coefficient (Wildman–Crippen LogP) is 7.60. The molecule has 34 heavy (non-hydrogen) atoms. The molecule has 0 saturated carbocycles. The first kappa shape index (κ1) is 20.4. The summed E-state index contributed by atoms with van der Waals surface area (Å²) in [6, 6.07) is 33.9. The smallest absolute Gasteiger partial charge is 0.151 e. The number of rotatable bonds is 3. The second-order valence-electron chi connectivity index (χ2n) is 8.97. The van der Waals surface area contributed by atoms with Gasteiger partial charge in [0.05, 0.1) is 16.9 Å². The molecule has 4 aromatic rings. The van der Waals surface area contributed by atoms with Crippen LogP contribution in [-0.4, -0.2) is 12.6 Å². The summed E-state index contributed by atoms with van der Waals surface area (Å²) in [5.41, 5.74) is 3.96. The molecular formula is C31H26N2O. The zero-order valence-electron chi connectivity index (χ0n) is 19.3. The Balaban J connectivity index is 1.47. The first-order chi connectivity index (χ1) is 16.6. The largest absolute Gasteiger partial charge is 0.453 e. The van der Waals surface area contributed by atoms with Crippen LogP contribution in [0.1, 0.15) is 6.92 Å². The number of likely N-dealkylation sites (N-methyl/N-ethyl adjacent to an activating group) is 1. The molecule has 0 spiro atoms. The van der Waals surface area contributed by atoms with E-state index >= 15 is 0 Å². The SMILES string of the molecule is CN1C2=C(C=CC(C)(N(c3ccccc3)c3ccc4ccccc4c3)C=C2)Oc2ccccc21. The molecule has 1 atom stereocenters. The Morgan fingerprint density at radius 1 is 0.706 bits per heavy atom. The number of fused-ring (bicyclic) bond motifs is 2. The van der Waals surface area contributed by atoms with Gasteiger partial charge in [0.25, 0.3) is 0 Å². The summed E-state index contributed by atoms with van der Waals surface area (Å²) < 4.78 is 6.31. The highest BCUT2D eigenvalue weighted by molar-refractivity contribution is 5.87. The third-order valence-electron chi connectivity index (χ3n) is 6.70. The normalized spacial score (nSPS) is 18.8. The molecule has 6 rings (SSSR count). The van der Waals surface area contributed by atoms with Crippen molar-refractivity contribution in [3.8, 4) is 5.75 Å². The Morgan fingerprint density at radius 2 is 1.41 bits per heavy atom. The predicted molar refractivity (Wildman–Crippen MR) is 142 cm³/mol. The summed E-state index contributed by atoms with van der Waals surface area (Å²) in [5.74, 6) is 1.73. The molecule has 0 fully saturated rings. The van der Waals surface area contributed by atoms with Crippen LogP contribution >= 0.6 is 0 Å². The highest BCUT2D eigenvalue weighted by atomic mass is 16.5. The van der Waals surface area contributed by atoms with Crippen LogP contribution in [0.2, 0.25) is 0 Å². The van der Waals surface area contributed by atoms with Gasteiger partial charge in [-0.25, -0.2) is 0 Å². The van der Waals surface area contributed by atoms with Gasteiger partial charge >= 0.3 is 0 Å². The topological polar surface area (TPSA) is 15.7 Å². The molecule has 4 aromatic carbocycles. The van der Waals surface area contributed by atoms with Crippen LogP contribution in [0.3, 0.4) is 0 Å². The van der Waals surface area contributed by atoms with E-state index in [-0.39, 0.29) is 0 Å². The molecule has 1 unspecified atom stereocenters. The van der Waals surface area contributed by atoms with E-state index in [1.807, 2.05) is 18.2 Å². The standard InChI is InChI=1S/C31H26N2O/c1-31(20-18-28-30(19-21-31)34-29-15-9-8-14-27(29)32(28)2)33(25-12-4-3-5-13-25)26-17-16-23-10-6-7-11-24(23)22-26/h3-22H,1-2H3. The van der Waals surface area contributed by atoms with Crippen molar-refractivity contribution in [3.05, 3.63) is 133 Å². The molecule has 0 N–H and O–H groups in total. The van der Waals surface area contributed by atoms with Gasteiger partial charge in [0.1, 0.15) is 0 Å². The monoisotopic (exact) mass is 442 g/mol. The summed E-state index contributed by atoms with van der Waals surface area (Å²) in [7, 11) is 2.09. The Morgan fingerprint density at radius 3 is 2.26 bits per heavy atom. The quantitative estimate of drug-likeness (QED) is 0.325. The molecular weight excluding hydrogens is 416 g/mol. The third-order valence-corrected chi connectivity index (χ3v) is 6.70. The average Bonchev–Trinajstić information content (AvgIpc) is 3.04. The lowest BCUT2D eigenvalue weighted by Crippen LogP contribution is -2.40. The fourth-order valence-electron chi connectivity index (χ4n) is 4.89. The van der Waals surface area contributed by atoms with E-state index in [9.17, 15) is 0 Å². The van der Waals surface area contributed by atoms with Crippen molar-refractivity contribution in [3.63, 3.8) is 0 Å². The van der Waals surface area contributed by atoms with Crippen molar-refractivity contribution in [1.82, 2.24) is 0 Å². The van der Waals surface area contributed by atoms with Crippen molar-refractivity contribution in [1.29, 1.82) is 0 Å². The number of ether oxygens (including phenoxy) is 1. The second kappa shape index (κ2) is 7.96. The van der Waals surface area contributed by atoms with E-state index in [0.29, 0.717) is 0 Å². The van der Waals surface area contributed by atoms with E-state index < -0.39 is 5.54 Å². The summed E-state index contributed by atoms with van der Waals surface area (Å²) in [6.45, 7) is 2.24. The van der Waals surface area contributed by atoms with Gasteiger partial charge in [0, 0.05) is 18.4 Å². The fraction of sp³-hybridized carbons (Fsp3) is 0.0968. The van der Waals surface area contributed by atoms with Crippen molar-refractivity contribution >= 4 is 27.8 Å². The highest BCUT2D eigenvalue weighted by Crippen LogP contribution is 2.41. The number of hydrogen-bond acceptors (Lipinski definition) is 3. The van der Waals surface area contributed by atoms with Gasteiger partial charge in [0.15, 0.2) is 11.5 Å². The number of allylic oxidation sites excluding steroid dienone is 2. The fourth-order valence-corrected chi connectivity index (χ4v) is 4.89. The van der Waals surface area contributed by atoms with Crippen molar-refractivity contribution in [2.75, 3.05) is 16.8 Å². The number of benzene rings is 4. The maximum Gasteiger partial charge on any atom is 0.151 e. The molecule has 2 aliphatic rings. The third kappa shape index (κ3) is 3.37. The summed E-state index contributed by atoms with van der Waals surface area (Å²) in [5, 5.41) is 2.46. The average molecular weight is 443 g/mol. The maximum absolute atomic E-state index is 6.31. The Kier molecular flexibility index (Phi) is 4.77. The van der Waals surface area contributed by atoms with E-state index in [0.717, 1.165) is 34.3 Å². The van der Waals surface area contributed by atoms with Gasteiger partial charge in [-0.05, 0) is 66.2 Å². The minimum Gasteiger partial charge on any atom is -0.453 e. The van der Waals surface area contributed by atoms with Gasteiger partial charge in [-0.1, -0.05) is 72.8 Å². The summed E-state index contributed by atoms with van der Waals surface area (Å²) >= 11 is 0. The lowest BCUT2D eigenvalue weighted by Gasteiger charge is -2.39. The number of para-hydroxylation sites is 3. The molecule has 0 bridgehead atoms. The van der Waals surface area contributed by atoms with Crippen LogP contribution < -0.4 is 14.5 Å². The number of anilines is 3. The summed E-state index contributed by atoms with van der Waals surface area (Å²) in [6.07, 6.45) is 8.79. The minimum absolute atomic E-state index is 0.419. The van der Waals surface area contributed by atoms with Crippen LogP contribution in [0, 0.1) is 0 Å². The van der Waals surface area contributed by atoms with E-state index in [1.54, 1.807) is 0 Å². The van der Waals surface area contributed by atoms with Gasteiger partial charge in [-0.3, -0.25) is 0 Å². The van der Waals surface area contributed by atoms with Crippen LogP contribution in [0.5, 0.6) is 5.75 Å². The maximum atomic E-state index is 6.31. The number of nitrogens with zero attached hydrogens (tertiary/aromatic N) is 2. The molecule has 1 aliphatic heterocycles. The molecule has 1 heterocycles. The van der Waals surface area contributed by atoms with Crippen LogP contribution in [-0.2, 0) is 0 Å². The minimum atomic E-state index is -0.419. The molecule has 0 saturated heterocycles. The van der Waals surface area contributed by atoms with Crippen LogP contribution in [0.4, 0.5) is 17.1 Å². The molecule has 1 aliphatic carbocycles. The van der Waals surface area contributed by atoms with Gasteiger partial charge < -0.3 is 14.5 Å². The van der Waals surface area contributed by atoms with Gasteiger partial charge in [-0.2, -0.15) is 0 Å². The highest BCUT2D eigenvalue weighted by Gasteiger charge is 2.32. The lowest BCUT2D eigenvalue weighted by atomic mass is 9.96. The summed E-state index contributed by atoms with van der Waals surface area (Å²) in [4.78, 5) is 4.58. The Labute approximate surface area is 200 Å². The van der Waals surface area contributed by atoms with E-state index in [1.165, 1.54) is 10.8 Å². The van der Waals surface area contributed by atoms with E-state index in [2.05, 4.69) is 127 Å². The van der Waals surface area contributed by atoms with Crippen LogP contribution in [0.15, 0.2) is 133 Å². The van der Waals surface area contributed by atoms with E-state index in [4.69, 9.17) is 4.74 Å². The first-order valence-electron chi connectivity index (χ1n) is 11.6. The van der Waals surface area contributed by atoms with Crippen molar-refractivity contribution in [2.24, 2.45) is 0 Å². The molecule has 0 radical (unpaired) electrons. The lowest BCUT2D eigenvalue weighted by molar-refractivity contribution is 0.429. The molecule has 0 amide bonds.